The Hall–Kier alpha value is -2.38. The lowest BCUT2D eigenvalue weighted by atomic mass is 9.82. The molecule has 7 heteroatoms. The van der Waals surface area contributed by atoms with Crippen LogP contribution in [0, 0.1) is 11.8 Å². The predicted octanol–water partition coefficient (Wildman–Crippen LogP) is 5.47. The molecule has 2 aromatic rings. The molecule has 0 bridgehead atoms. The van der Waals surface area contributed by atoms with Crippen molar-refractivity contribution in [3.8, 4) is 16.2 Å². The summed E-state index contributed by atoms with van der Waals surface area (Å²) >= 11 is 1.51. The van der Waals surface area contributed by atoms with Gasteiger partial charge in [0.1, 0.15) is 5.00 Å². The van der Waals surface area contributed by atoms with E-state index in [1.54, 1.807) is 0 Å². The van der Waals surface area contributed by atoms with Gasteiger partial charge in [-0.05, 0) is 63.1 Å². The average Bonchev–Trinajstić information content (AvgIpc) is 3.24. The van der Waals surface area contributed by atoms with Crippen LogP contribution in [0.1, 0.15) is 45.4 Å². The number of thiophene rings is 1. The van der Waals surface area contributed by atoms with Gasteiger partial charge in [-0.25, -0.2) is 4.79 Å². The fourth-order valence-corrected chi connectivity index (χ4v) is 5.86. The molecule has 6 nitrogen and oxygen atoms in total. The number of hydrogen-bond acceptors (Lipinski definition) is 6. The van der Waals surface area contributed by atoms with Crippen LogP contribution in [0.2, 0.25) is 0 Å². The van der Waals surface area contributed by atoms with Crippen LogP contribution in [0.3, 0.4) is 0 Å². The number of carbonyl (C=O) groups is 2. The molecule has 172 valence electrons. The zero-order valence-electron chi connectivity index (χ0n) is 18.8. The predicted molar refractivity (Wildman–Crippen MR) is 127 cm³/mol. The van der Waals surface area contributed by atoms with E-state index in [0.717, 1.165) is 62.1 Å². The molecule has 2 aliphatic rings. The Labute approximate surface area is 193 Å². The largest absolute Gasteiger partial charge is 0.513 e. The van der Waals surface area contributed by atoms with Crippen LogP contribution < -0.4 is 15.0 Å². The van der Waals surface area contributed by atoms with Gasteiger partial charge in [-0.3, -0.25) is 9.69 Å². The number of nitrogens with zero attached hydrogens (tertiary/aromatic N) is 1. The van der Waals surface area contributed by atoms with Crippen molar-refractivity contribution in [2.75, 3.05) is 25.1 Å². The van der Waals surface area contributed by atoms with Crippen LogP contribution in [0.5, 0.6) is 5.75 Å². The van der Waals surface area contributed by atoms with E-state index in [9.17, 15) is 9.59 Å². The number of ether oxygens (including phenoxy) is 2. The molecule has 32 heavy (non-hydrogen) atoms. The van der Waals surface area contributed by atoms with Gasteiger partial charge in [-0.2, -0.15) is 0 Å². The van der Waals surface area contributed by atoms with Gasteiger partial charge in [0.15, 0.2) is 5.75 Å². The Morgan fingerprint density at radius 3 is 2.38 bits per heavy atom. The average molecular weight is 457 g/mol. The highest BCUT2D eigenvalue weighted by Crippen LogP contribution is 2.46. The summed E-state index contributed by atoms with van der Waals surface area (Å²) in [6.45, 7) is 4.01. The van der Waals surface area contributed by atoms with E-state index in [4.69, 9.17) is 9.47 Å². The minimum atomic E-state index is -0.770. The third-order valence-electron chi connectivity index (χ3n) is 6.59. The van der Waals surface area contributed by atoms with Crippen LogP contribution in [0.15, 0.2) is 36.4 Å². The maximum atomic E-state index is 13.9. The molecule has 2 fully saturated rings. The Morgan fingerprint density at radius 2 is 1.72 bits per heavy atom. The number of methoxy groups -OCH3 is 1. The Morgan fingerprint density at radius 1 is 1.03 bits per heavy atom. The van der Waals surface area contributed by atoms with E-state index >= 15 is 0 Å². The molecule has 1 aromatic carbocycles. The molecule has 0 spiro atoms. The zero-order chi connectivity index (χ0) is 22.5. The second kappa shape index (κ2) is 10.5. The maximum Gasteiger partial charge on any atom is 0.513 e. The molecular weight excluding hydrogens is 424 g/mol. The summed E-state index contributed by atoms with van der Waals surface area (Å²) in [6.07, 6.45) is 5.00. The van der Waals surface area contributed by atoms with Gasteiger partial charge in [-0.1, -0.05) is 37.3 Å². The molecule has 1 saturated heterocycles. The van der Waals surface area contributed by atoms with Crippen LogP contribution in [0.4, 0.5) is 9.80 Å². The van der Waals surface area contributed by atoms with Gasteiger partial charge in [0.2, 0.25) is 5.91 Å². The smallest absolute Gasteiger partial charge is 0.437 e. The molecule has 0 radical (unpaired) electrons. The molecule has 4 rings (SSSR count). The van der Waals surface area contributed by atoms with Crippen molar-refractivity contribution in [3.05, 3.63) is 36.4 Å². The Bertz CT molecular complexity index is 915. The van der Waals surface area contributed by atoms with Crippen molar-refractivity contribution >= 4 is 28.4 Å². The number of anilines is 1. The molecule has 0 atom stereocenters. The fourth-order valence-electron chi connectivity index (χ4n) is 4.70. The van der Waals surface area contributed by atoms with Crippen molar-refractivity contribution in [2.24, 2.45) is 11.8 Å². The SMILES string of the molecule is COC(=O)Oc1cc(-c2ccccc2)sc1N(C(=O)C1CCC(C)CC1)C1CCNCC1. The number of hydrogen-bond donors (Lipinski definition) is 1. The summed E-state index contributed by atoms with van der Waals surface area (Å²) in [5.74, 6) is 1.27. The quantitative estimate of drug-likeness (QED) is 0.604. The van der Waals surface area contributed by atoms with Gasteiger partial charge in [0.25, 0.3) is 0 Å². The highest BCUT2D eigenvalue weighted by molar-refractivity contribution is 7.20. The van der Waals surface area contributed by atoms with Gasteiger partial charge >= 0.3 is 6.16 Å². The lowest BCUT2D eigenvalue weighted by Crippen LogP contribution is -2.48. The lowest BCUT2D eigenvalue weighted by molar-refractivity contribution is -0.124. The summed E-state index contributed by atoms with van der Waals surface area (Å²) in [5, 5.41) is 4.11. The minimum Gasteiger partial charge on any atom is -0.437 e. The first-order valence-electron chi connectivity index (χ1n) is 11.6. The summed E-state index contributed by atoms with van der Waals surface area (Å²) in [6, 6.07) is 11.9. The first kappa shape index (κ1) is 22.8. The summed E-state index contributed by atoms with van der Waals surface area (Å²) in [5.41, 5.74) is 1.03. The number of benzene rings is 1. The third kappa shape index (κ3) is 5.15. The second-order valence-corrected chi connectivity index (χ2v) is 9.88. The molecule has 1 aliphatic heterocycles. The van der Waals surface area contributed by atoms with Crippen LogP contribution in [-0.2, 0) is 9.53 Å². The lowest BCUT2D eigenvalue weighted by Gasteiger charge is -2.37. The highest BCUT2D eigenvalue weighted by atomic mass is 32.1. The number of nitrogens with one attached hydrogen (secondary N) is 1. The summed E-state index contributed by atoms with van der Waals surface area (Å²) in [7, 11) is 1.30. The number of carbonyl (C=O) groups excluding carboxylic acids is 2. The van der Waals surface area contributed by atoms with Gasteiger partial charge < -0.3 is 14.8 Å². The first-order chi connectivity index (χ1) is 15.6. The number of rotatable bonds is 5. The monoisotopic (exact) mass is 456 g/mol. The van der Waals surface area contributed by atoms with Crippen molar-refractivity contribution in [1.29, 1.82) is 0 Å². The fraction of sp³-hybridized carbons (Fsp3) is 0.520. The highest BCUT2D eigenvalue weighted by Gasteiger charge is 2.36. The van der Waals surface area contributed by atoms with Gasteiger partial charge in [0.05, 0.1) is 7.11 Å². The normalized spacial score (nSPS) is 21.7. The van der Waals surface area contributed by atoms with E-state index < -0.39 is 6.16 Å². The van der Waals surface area contributed by atoms with Crippen LogP contribution in [0.25, 0.3) is 10.4 Å². The van der Waals surface area contributed by atoms with Crippen molar-refractivity contribution < 1.29 is 19.1 Å². The zero-order valence-corrected chi connectivity index (χ0v) is 19.7. The number of amides is 1. The van der Waals surface area contributed by atoms with Crippen LogP contribution >= 0.6 is 11.3 Å². The van der Waals surface area contributed by atoms with Crippen LogP contribution in [-0.4, -0.2) is 38.3 Å². The topological polar surface area (TPSA) is 67.9 Å². The molecule has 1 aromatic heterocycles. The van der Waals surface area contributed by atoms with Gasteiger partial charge in [-0.15, -0.1) is 11.3 Å². The molecule has 1 amide bonds. The molecule has 2 heterocycles. The summed E-state index contributed by atoms with van der Waals surface area (Å²) in [4.78, 5) is 28.8. The molecule has 1 saturated carbocycles. The van der Waals surface area contributed by atoms with E-state index in [1.807, 2.05) is 41.3 Å². The van der Waals surface area contributed by atoms with Crippen molar-refractivity contribution in [3.63, 3.8) is 0 Å². The molecule has 1 aliphatic carbocycles. The molecular formula is C25H32N2O4S. The standard InChI is InChI=1S/C25H32N2O4S/c1-17-8-10-19(11-9-17)23(28)27(20-12-14-26-15-13-20)24-21(31-25(29)30-2)16-22(32-24)18-6-4-3-5-7-18/h3-7,16-17,19-20,26H,8-15H2,1-2H3. The van der Waals surface area contributed by atoms with E-state index in [0.29, 0.717) is 16.7 Å². The molecule has 0 unspecified atom stereocenters. The first-order valence-corrected chi connectivity index (χ1v) is 12.4. The van der Waals surface area contributed by atoms with E-state index in [-0.39, 0.29) is 17.9 Å². The van der Waals surface area contributed by atoms with Gasteiger partial charge in [0, 0.05) is 22.9 Å². The Kier molecular flexibility index (Phi) is 7.48. The maximum absolute atomic E-state index is 13.9. The second-order valence-electron chi connectivity index (χ2n) is 8.85. The van der Waals surface area contributed by atoms with E-state index in [2.05, 4.69) is 12.2 Å². The minimum absolute atomic E-state index is 0.0225. The van der Waals surface area contributed by atoms with Crippen molar-refractivity contribution in [2.45, 2.75) is 51.5 Å². The third-order valence-corrected chi connectivity index (χ3v) is 7.76. The number of piperidine rings is 1. The van der Waals surface area contributed by atoms with Crippen molar-refractivity contribution in [1.82, 2.24) is 5.32 Å². The summed E-state index contributed by atoms with van der Waals surface area (Å²) < 4.78 is 10.3. The molecule has 1 N–H and O–H groups in total. The van der Waals surface area contributed by atoms with E-state index in [1.165, 1.54) is 18.4 Å². The Balaban J connectivity index is 1.73.